The molecule has 142 valence electrons. The summed E-state index contributed by atoms with van der Waals surface area (Å²) < 4.78 is 0. The molecule has 0 bridgehead atoms. The lowest BCUT2D eigenvalue weighted by Crippen LogP contribution is -2.26. The molecule has 4 nitrogen and oxygen atoms in total. The van der Waals surface area contributed by atoms with Gasteiger partial charge >= 0.3 is 0 Å². The molecule has 4 heterocycles. The molecule has 0 radical (unpaired) electrons. The summed E-state index contributed by atoms with van der Waals surface area (Å²) in [5.41, 5.74) is 6.70. The maximum Gasteiger partial charge on any atom is 0.140 e. The average Bonchev–Trinajstić information content (AvgIpc) is 3.29. The first-order valence-corrected chi connectivity index (χ1v) is 11.1. The Morgan fingerprint density at radius 2 is 1.96 bits per heavy atom. The quantitative estimate of drug-likeness (QED) is 0.626. The van der Waals surface area contributed by atoms with Crippen molar-refractivity contribution in [2.75, 3.05) is 19.6 Å². The molecule has 27 heavy (non-hydrogen) atoms. The Kier molecular flexibility index (Phi) is 4.54. The lowest BCUT2D eigenvalue weighted by Gasteiger charge is -2.23. The van der Waals surface area contributed by atoms with Gasteiger partial charge in [0.15, 0.2) is 0 Å². The number of rotatable bonds is 3. The molecule has 3 N–H and O–H groups in total. The Bertz CT molecular complexity index is 939. The van der Waals surface area contributed by atoms with Crippen LogP contribution in [0.5, 0.6) is 0 Å². The van der Waals surface area contributed by atoms with Crippen LogP contribution in [0.15, 0.2) is 18.2 Å². The van der Waals surface area contributed by atoms with Crippen LogP contribution >= 0.6 is 11.3 Å². The van der Waals surface area contributed by atoms with Crippen LogP contribution in [0.1, 0.15) is 60.2 Å². The lowest BCUT2D eigenvalue weighted by molar-refractivity contribution is 0.460. The summed E-state index contributed by atoms with van der Waals surface area (Å²) in [7, 11) is 0. The average molecular weight is 381 g/mol. The fourth-order valence-electron chi connectivity index (χ4n) is 4.64. The van der Waals surface area contributed by atoms with Crippen LogP contribution in [0, 0.1) is 0 Å². The highest BCUT2D eigenvalue weighted by atomic mass is 32.1. The van der Waals surface area contributed by atoms with Crippen LogP contribution in [0.2, 0.25) is 0 Å². The Morgan fingerprint density at radius 1 is 1.11 bits per heavy atom. The van der Waals surface area contributed by atoms with Crippen molar-refractivity contribution in [3.63, 3.8) is 0 Å². The van der Waals surface area contributed by atoms with Gasteiger partial charge in [0.1, 0.15) is 5.01 Å². The Balaban J connectivity index is 1.62. The van der Waals surface area contributed by atoms with E-state index in [0.29, 0.717) is 11.8 Å². The van der Waals surface area contributed by atoms with E-state index in [1.54, 1.807) is 0 Å². The number of nitrogens with one attached hydrogen (secondary N) is 3. The normalized spacial score (nSPS) is 18.3. The Labute approximate surface area is 164 Å². The monoisotopic (exact) mass is 380 g/mol. The number of nitrogens with zero attached hydrogens (tertiary/aromatic N) is 1. The predicted octanol–water partition coefficient (Wildman–Crippen LogP) is 4.53. The van der Waals surface area contributed by atoms with E-state index in [-0.39, 0.29) is 0 Å². The van der Waals surface area contributed by atoms with Gasteiger partial charge in [0.05, 0.1) is 11.4 Å². The molecule has 2 aliphatic heterocycles. The van der Waals surface area contributed by atoms with E-state index >= 15 is 0 Å². The van der Waals surface area contributed by atoms with E-state index in [9.17, 15) is 0 Å². The van der Waals surface area contributed by atoms with Gasteiger partial charge in [-0.2, -0.15) is 0 Å². The molecule has 3 aromatic rings. The second-order valence-electron chi connectivity index (χ2n) is 8.21. The lowest BCUT2D eigenvalue weighted by atomic mass is 9.88. The third kappa shape index (κ3) is 3.12. The van der Waals surface area contributed by atoms with Crippen molar-refractivity contribution in [3.8, 4) is 10.7 Å². The molecule has 0 atom stereocenters. The third-order valence-electron chi connectivity index (χ3n) is 6.07. The van der Waals surface area contributed by atoms with E-state index in [1.165, 1.54) is 51.1 Å². The molecule has 1 aromatic carbocycles. The fourth-order valence-corrected chi connectivity index (χ4v) is 5.73. The van der Waals surface area contributed by atoms with Gasteiger partial charge in [0, 0.05) is 35.3 Å². The van der Waals surface area contributed by atoms with E-state index in [0.717, 1.165) is 37.6 Å². The van der Waals surface area contributed by atoms with Crippen molar-refractivity contribution < 1.29 is 0 Å². The molecular formula is C22H28N4S. The highest BCUT2D eigenvalue weighted by molar-refractivity contribution is 7.15. The standard InChI is InChI=1S/C22H28N4S/c1-13(2)20-16-11-15(14-5-8-23-9-6-14)3-4-17(16)25-21(20)22-26-18-7-10-24-12-19(18)27-22/h3-4,11,13-14,23-25H,5-10,12H2,1-2H3. The van der Waals surface area contributed by atoms with Gasteiger partial charge in [0.2, 0.25) is 0 Å². The van der Waals surface area contributed by atoms with Crippen molar-refractivity contribution in [1.29, 1.82) is 0 Å². The molecule has 1 fully saturated rings. The first kappa shape index (κ1) is 17.4. The van der Waals surface area contributed by atoms with Crippen molar-refractivity contribution in [1.82, 2.24) is 20.6 Å². The van der Waals surface area contributed by atoms with Crippen LogP contribution in [0.4, 0.5) is 0 Å². The number of piperidine rings is 1. The van der Waals surface area contributed by atoms with Gasteiger partial charge < -0.3 is 15.6 Å². The molecular weight excluding hydrogens is 352 g/mol. The Hall–Kier alpha value is -1.69. The van der Waals surface area contributed by atoms with Crippen LogP contribution in [0.3, 0.4) is 0 Å². The molecule has 0 aliphatic carbocycles. The zero-order chi connectivity index (χ0) is 18.4. The summed E-state index contributed by atoms with van der Waals surface area (Å²) in [6.45, 7) is 8.88. The summed E-state index contributed by atoms with van der Waals surface area (Å²) >= 11 is 1.85. The highest BCUT2D eigenvalue weighted by Gasteiger charge is 2.23. The topological polar surface area (TPSA) is 52.7 Å². The number of aromatic amines is 1. The highest BCUT2D eigenvalue weighted by Crippen LogP contribution is 2.40. The van der Waals surface area contributed by atoms with Gasteiger partial charge in [-0.3, -0.25) is 0 Å². The van der Waals surface area contributed by atoms with Gasteiger partial charge in [0.25, 0.3) is 0 Å². The van der Waals surface area contributed by atoms with Crippen LogP contribution in [0.25, 0.3) is 21.6 Å². The molecule has 5 rings (SSSR count). The van der Waals surface area contributed by atoms with E-state index in [4.69, 9.17) is 4.98 Å². The van der Waals surface area contributed by atoms with Crippen molar-refractivity contribution >= 4 is 22.2 Å². The maximum atomic E-state index is 5.01. The largest absolute Gasteiger partial charge is 0.352 e. The third-order valence-corrected chi connectivity index (χ3v) is 7.18. The van der Waals surface area contributed by atoms with E-state index in [1.807, 2.05) is 11.3 Å². The van der Waals surface area contributed by atoms with Gasteiger partial charge in [-0.1, -0.05) is 19.9 Å². The zero-order valence-corrected chi connectivity index (χ0v) is 17.0. The number of benzene rings is 1. The van der Waals surface area contributed by atoms with Crippen molar-refractivity contribution in [2.24, 2.45) is 0 Å². The van der Waals surface area contributed by atoms with E-state index in [2.05, 4.69) is 47.7 Å². The second kappa shape index (κ2) is 7.04. The van der Waals surface area contributed by atoms with Crippen LogP contribution in [-0.2, 0) is 13.0 Å². The van der Waals surface area contributed by atoms with Crippen molar-refractivity contribution in [3.05, 3.63) is 39.9 Å². The number of fused-ring (bicyclic) bond motifs is 2. The van der Waals surface area contributed by atoms with Crippen LogP contribution < -0.4 is 10.6 Å². The molecule has 0 amide bonds. The summed E-state index contributed by atoms with van der Waals surface area (Å²) in [6.07, 6.45) is 3.53. The van der Waals surface area contributed by atoms with E-state index < -0.39 is 0 Å². The first-order chi connectivity index (χ1) is 13.2. The minimum absolute atomic E-state index is 0.469. The summed E-state index contributed by atoms with van der Waals surface area (Å²) in [5.74, 6) is 1.16. The molecule has 2 aliphatic rings. The number of thiazole rings is 1. The predicted molar refractivity (Wildman–Crippen MR) is 114 cm³/mol. The summed E-state index contributed by atoms with van der Waals surface area (Å²) in [4.78, 5) is 10.1. The van der Waals surface area contributed by atoms with Gasteiger partial charge in [-0.05, 0) is 61.0 Å². The summed E-state index contributed by atoms with van der Waals surface area (Å²) in [6, 6.07) is 7.08. The number of H-pyrrole nitrogens is 1. The molecule has 0 unspecified atom stereocenters. The number of hydrogen-bond donors (Lipinski definition) is 3. The molecule has 0 spiro atoms. The van der Waals surface area contributed by atoms with Crippen molar-refractivity contribution in [2.45, 2.75) is 51.5 Å². The Morgan fingerprint density at radius 3 is 2.74 bits per heavy atom. The molecule has 2 aromatic heterocycles. The molecule has 5 heteroatoms. The SMILES string of the molecule is CC(C)c1c(-c2nc3c(s2)CNCC3)[nH]c2ccc(C3CCNCC3)cc12. The first-order valence-electron chi connectivity index (χ1n) is 10.3. The second-order valence-corrected chi connectivity index (χ2v) is 9.30. The molecule has 0 saturated carbocycles. The number of hydrogen-bond acceptors (Lipinski definition) is 4. The van der Waals surface area contributed by atoms with Gasteiger partial charge in [-0.25, -0.2) is 4.98 Å². The fraction of sp³-hybridized carbons (Fsp3) is 0.500. The maximum absolute atomic E-state index is 5.01. The van der Waals surface area contributed by atoms with Crippen LogP contribution in [-0.4, -0.2) is 29.6 Å². The number of aromatic nitrogens is 2. The molecule has 1 saturated heterocycles. The smallest absolute Gasteiger partial charge is 0.140 e. The summed E-state index contributed by atoms with van der Waals surface area (Å²) in [5, 5.41) is 9.50. The minimum atomic E-state index is 0.469. The zero-order valence-electron chi connectivity index (χ0n) is 16.2. The minimum Gasteiger partial charge on any atom is -0.352 e. The van der Waals surface area contributed by atoms with Gasteiger partial charge in [-0.15, -0.1) is 11.3 Å².